The van der Waals surface area contributed by atoms with Crippen molar-refractivity contribution in [2.75, 3.05) is 7.11 Å². The Morgan fingerprint density at radius 1 is 1.33 bits per heavy atom. The van der Waals surface area contributed by atoms with Crippen molar-refractivity contribution in [1.29, 1.82) is 0 Å². The number of rotatable bonds is 6. The number of ether oxygens (including phenoxy) is 1. The van der Waals surface area contributed by atoms with Crippen LogP contribution < -0.4 is 10.1 Å². The Morgan fingerprint density at radius 2 is 2.17 bits per heavy atom. The maximum Gasteiger partial charge on any atom is 0.244 e. The van der Waals surface area contributed by atoms with E-state index in [0.29, 0.717) is 11.6 Å². The number of carbonyl (C=O) groups is 1. The number of benzene rings is 1. The fourth-order valence-electron chi connectivity index (χ4n) is 2.02. The number of hydrogen-bond donors (Lipinski definition) is 2. The quantitative estimate of drug-likeness (QED) is 0.676. The van der Waals surface area contributed by atoms with E-state index in [4.69, 9.17) is 4.74 Å². The predicted molar refractivity (Wildman–Crippen MR) is 93.6 cm³/mol. The van der Waals surface area contributed by atoms with Crippen molar-refractivity contribution in [1.82, 2.24) is 20.5 Å². The Kier molecular flexibility index (Phi) is 5.02. The lowest BCUT2D eigenvalue weighted by molar-refractivity contribution is -0.116. The number of amides is 1. The summed E-state index contributed by atoms with van der Waals surface area (Å²) < 4.78 is 5.12. The number of H-pyrrole nitrogens is 1. The van der Waals surface area contributed by atoms with Crippen LogP contribution in [-0.4, -0.2) is 28.2 Å². The van der Waals surface area contributed by atoms with E-state index in [9.17, 15) is 4.79 Å². The highest BCUT2D eigenvalue weighted by Crippen LogP contribution is 2.18. The van der Waals surface area contributed by atoms with Gasteiger partial charge >= 0.3 is 0 Å². The topological polar surface area (TPSA) is 79.9 Å². The molecule has 7 heteroatoms. The first kappa shape index (κ1) is 15.9. The number of nitrogens with one attached hydrogen (secondary N) is 2. The SMILES string of the molecule is COc1ccc(-c2n[nH]c(CNC(=O)/C=C\c3cccs3)n2)cc1. The number of hydrogen-bond acceptors (Lipinski definition) is 5. The molecule has 1 aromatic carbocycles. The van der Waals surface area contributed by atoms with Crippen LogP contribution in [0.3, 0.4) is 0 Å². The van der Waals surface area contributed by atoms with Gasteiger partial charge in [-0.15, -0.1) is 11.3 Å². The number of carbonyl (C=O) groups excluding carboxylic acids is 1. The number of thiophene rings is 1. The van der Waals surface area contributed by atoms with Crippen molar-refractivity contribution in [3.8, 4) is 17.1 Å². The van der Waals surface area contributed by atoms with Crippen LogP contribution in [0.4, 0.5) is 0 Å². The summed E-state index contributed by atoms with van der Waals surface area (Å²) in [5.41, 5.74) is 0.877. The Labute approximate surface area is 143 Å². The van der Waals surface area contributed by atoms with Crippen LogP contribution in [0.2, 0.25) is 0 Å². The molecule has 0 radical (unpaired) electrons. The van der Waals surface area contributed by atoms with Crippen LogP contribution in [0.5, 0.6) is 5.75 Å². The van der Waals surface area contributed by atoms with Gasteiger partial charge in [0, 0.05) is 16.5 Å². The number of aromatic amines is 1. The second-order valence-electron chi connectivity index (χ2n) is 4.90. The van der Waals surface area contributed by atoms with Crippen molar-refractivity contribution >= 4 is 23.3 Å². The van der Waals surface area contributed by atoms with Gasteiger partial charge in [0.1, 0.15) is 11.6 Å². The molecule has 122 valence electrons. The zero-order valence-corrected chi connectivity index (χ0v) is 13.8. The lowest BCUT2D eigenvalue weighted by atomic mass is 10.2. The highest BCUT2D eigenvalue weighted by atomic mass is 32.1. The third kappa shape index (κ3) is 4.08. The van der Waals surface area contributed by atoms with Gasteiger partial charge < -0.3 is 10.1 Å². The zero-order valence-electron chi connectivity index (χ0n) is 13.0. The third-order valence-electron chi connectivity index (χ3n) is 3.25. The Morgan fingerprint density at radius 3 is 2.88 bits per heavy atom. The van der Waals surface area contributed by atoms with E-state index in [2.05, 4.69) is 20.5 Å². The van der Waals surface area contributed by atoms with E-state index in [0.717, 1.165) is 16.2 Å². The molecule has 0 saturated carbocycles. The lowest BCUT2D eigenvalue weighted by Gasteiger charge is -1.99. The molecule has 0 aliphatic rings. The van der Waals surface area contributed by atoms with E-state index in [1.165, 1.54) is 6.08 Å². The largest absolute Gasteiger partial charge is 0.497 e. The second-order valence-corrected chi connectivity index (χ2v) is 5.88. The van der Waals surface area contributed by atoms with E-state index >= 15 is 0 Å². The fourth-order valence-corrected chi connectivity index (χ4v) is 2.64. The van der Waals surface area contributed by atoms with E-state index in [1.54, 1.807) is 24.5 Å². The number of nitrogens with zero attached hydrogens (tertiary/aromatic N) is 2. The maximum absolute atomic E-state index is 11.8. The summed E-state index contributed by atoms with van der Waals surface area (Å²) in [7, 11) is 1.62. The molecular weight excluding hydrogens is 324 g/mol. The van der Waals surface area contributed by atoms with Gasteiger partial charge in [-0.3, -0.25) is 9.89 Å². The molecule has 24 heavy (non-hydrogen) atoms. The van der Waals surface area contributed by atoms with Crippen LogP contribution in [0.1, 0.15) is 10.7 Å². The predicted octanol–water partition coefficient (Wildman–Crippen LogP) is 2.87. The van der Waals surface area contributed by atoms with Crippen LogP contribution in [0.25, 0.3) is 17.5 Å². The Balaban J connectivity index is 1.56. The summed E-state index contributed by atoms with van der Waals surface area (Å²) in [5.74, 6) is 1.78. The summed E-state index contributed by atoms with van der Waals surface area (Å²) in [6.45, 7) is 0.288. The standard InChI is InChI=1S/C17H16N4O2S/c1-23-13-6-4-12(5-7-13)17-19-15(20-21-17)11-18-16(22)9-8-14-3-2-10-24-14/h2-10H,11H2,1H3,(H,18,22)(H,19,20,21)/b9-8-. The molecule has 0 bridgehead atoms. The molecule has 0 unspecified atom stereocenters. The highest BCUT2D eigenvalue weighted by Gasteiger charge is 2.07. The van der Waals surface area contributed by atoms with Gasteiger partial charge in [-0.1, -0.05) is 6.07 Å². The Hall–Kier alpha value is -2.93. The molecule has 0 aliphatic carbocycles. The minimum atomic E-state index is -0.175. The summed E-state index contributed by atoms with van der Waals surface area (Å²) in [4.78, 5) is 17.2. The first-order chi connectivity index (χ1) is 11.7. The molecule has 3 aromatic rings. The molecule has 0 fully saturated rings. The maximum atomic E-state index is 11.8. The molecule has 2 aromatic heterocycles. The van der Waals surface area contributed by atoms with Gasteiger partial charge in [0.2, 0.25) is 5.91 Å². The van der Waals surface area contributed by atoms with Crippen molar-refractivity contribution in [3.05, 3.63) is 58.6 Å². The van der Waals surface area contributed by atoms with Gasteiger partial charge in [0.05, 0.1) is 13.7 Å². The summed E-state index contributed by atoms with van der Waals surface area (Å²) in [6, 6.07) is 11.4. The molecule has 0 saturated heterocycles. The van der Waals surface area contributed by atoms with Gasteiger partial charge in [-0.2, -0.15) is 5.10 Å². The molecule has 0 atom stereocenters. The molecule has 0 spiro atoms. The van der Waals surface area contributed by atoms with Crippen LogP contribution in [0, 0.1) is 0 Å². The lowest BCUT2D eigenvalue weighted by Crippen LogP contribution is -2.20. The summed E-state index contributed by atoms with van der Waals surface area (Å²) in [5, 5.41) is 11.7. The first-order valence-corrected chi connectivity index (χ1v) is 8.17. The average Bonchev–Trinajstić information content (AvgIpc) is 3.30. The molecule has 6 nitrogen and oxygen atoms in total. The third-order valence-corrected chi connectivity index (χ3v) is 4.09. The molecule has 2 N–H and O–H groups in total. The summed E-state index contributed by atoms with van der Waals surface area (Å²) >= 11 is 1.58. The van der Waals surface area contributed by atoms with Gasteiger partial charge in [0.25, 0.3) is 0 Å². The number of methoxy groups -OCH3 is 1. The molecule has 0 aliphatic heterocycles. The minimum absolute atomic E-state index is 0.175. The first-order valence-electron chi connectivity index (χ1n) is 7.30. The van der Waals surface area contributed by atoms with Crippen LogP contribution >= 0.6 is 11.3 Å². The average molecular weight is 340 g/mol. The van der Waals surface area contributed by atoms with E-state index in [-0.39, 0.29) is 12.5 Å². The minimum Gasteiger partial charge on any atom is -0.497 e. The van der Waals surface area contributed by atoms with Crippen molar-refractivity contribution in [2.45, 2.75) is 6.54 Å². The van der Waals surface area contributed by atoms with Gasteiger partial charge in [0.15, 0.2) is 5.82 Å². The van der Waals surface area contributed by atoms with E-state index < -0.39 is 0 Å². The van der Waals surface area contributed by atoms with Crippen molar-refractivity contribution < 1.29 is 9.53 Å². The monoisotopic (exact) mass is 340 g/mol. The number of aromatic nitrogens is 3. The molecule has 2 heterocycles. The summed E-state index contributed by atoms with van der Waals surface area (Å²) in [6.07, 6.45) is 3.29. The zero-order chi connectivity index (χ0) is 16.8. The molecule has 1 amide bonds. The fraction of sp³-hybridized carbons (Fsp3) is 0.118. The highest BCUT2D eigenvalue weighted by molar-refractivity contribution is 7.10. The van der Waals surface area contributed by atoms with Crippen LogP contribution in [-0.2, 0) is 11.3 Å². The van der Waals surface area contributed by atoms with Crippen molar-refractivity contribution in [2.24, 2.45) is 0 Å². The second kappa shape index (κ2) is 7.56. The van der Waals surface area contributed by atoms with Gasteiger partial charge in [-0.05, 0) is 41.8 Å². The molecular formula is C17H16N4O2S. The van der Waals surface area contributed by atoms with E-state index in [1.807, 2.05) is 41.8 Å². The smallest absolute Gasteiger partial charge is 0.244 e. The van der Waals surface area contributed by atoms with Crippen molar-refractivity contribution in [3.63, 3.8) is 0 Å². The van der Waals surface area contributed by atoms with Gasteiger partial charge in [-0.25, -0.2) is 4.98 Å². The molecule has 3 rings (SSSR count). The normalized spacial score (nSPS) is 10.9. The Bertz CT molecular complexity index is 823. The van der Waals surface area contributed by atoms with Crippen LogP contribution in [0.15, 0.2) is 47.9 Å².